The van der Waals surface area contributed by atoms with Gasteiger partial charge in [-0.25, -0.2) is 5.01 Å². The van der Waals surface area contributed by atoms with Gasteiger partial charge in [0, 0.05) is 33.2 Å². The molecule has 2 fully saturated rings. The van der Waals surface area contributed by atoms with Gasteiger partial charge in [-0.15, -0.1) is 0 Å². The van der Waals surface area contributed by atoms with Gasteiger partial charge in [-0.2, -0.15) is 0 Å². The number of nitrogens with zero attached hydrogens (tertiary/aromatic N) is 1. The minimum atomic E-state index is -0.00627. The van der Waals surface area contributed by atoms with Gasteiger partial charge in [0.1, 0.15) is 0 Å². The predicted molar refractivity (Wildman–Crippen MR) is 49.1 cm³/mol. The standard InChI is InChI=1S/C9H18N2O2/c1-12-8-2-5-13-9(6-8)3-4-11(10)7-9/h8H,2-7,10H2,1H3/t8-,9-/m0/s1. The van der Waals surface area contributed by atoms with Crippen LogP contribution in [-0.2, 0) is 9.47 Å². The highest BCUT2D eigenvalue weighted by Crippen LogP contribution is 2.33. The number of hydrogen-bond acceptors (Lipinski definition) is 4. The molecule has 0 amide bonds. The molecular weight excluding hydrogens is 168 g/mol. The summed E-state index contributed by atoms with van der Waals surface area (Å²) in [6, 6.07) is 0. The Hall–Kier alpha value is -0.160. The molecule has 1 spiro atoms. The number of ether oxygens (including phenoxy) is 2. The van der Waals surface area contributed by atoms with E-state index >= 15 is 0 Å². The molecule has 2 saturated heterocycles. The average molecular weight is 186 g/mol. The zero-order valence-electron chi connectivity index (χ0n) is 8.16. The predicted octanol–water partition coefficient (Wildman–Crippen LogP) is 0.130. The molecule has 0 saturated carbocycles. The van der Waals surface area contributed by atoms with E-state index in [9.17, 15) is 0 Å². The highest BCUT2D eigenvalue weighted by molar-refractivity contribution is 4.94. The Bertz CT molecular complexity index is 184. The first-order chi connectivity index (χ1) is 6.24. The molecule has 2 heterocycles. The van der Waals surface area contributed by atoms with Crippen LogP contribution < -0.4 is 5.84 Å². The lowest BCUT2D eigenvalue weighted by molar-refractivity contribution is -0.119. The Morgan fingerprint density at radius 2 is 2.46 bits per heavy atom. The van der Waals surface area contributed by atoms with E-state index < -0.39 is 0 Å². The number of rotatable bonds is 1. The first kappa shape index (κ1) is 9.40. The third kappa shape index (κ3) is 1.86. The van der Waals surface area contributed by atoms with Crippen LogP contribution in [0.3, 0.4) is 0 Å². The molecule has 0 radical (unpaired) electrons. The van der Waals surface area contributed by atoms with E-state index in [4.69, 9.17) is 15.3 Å². The molecule has 13 heavy (non-hydrogen) atoms. The lowest BCUT2D eigenvalue weighted by Gasteiger charge is -2.37. The van der Waals surface area contributed by atoms with Crippen LogP contribution in [0, 0.1) is 0 Å². The summed E-state index contributed by atoms with van der Waals surface area (Å²) >= 11 is 0. The summed E-state index contributed by atoms with van der Waals surface area (Å²) in [5.74, 6) is 5.74. The third-order valence-corrected chi connectivity index (χ3v) is 3.13. The molecule has 0 unspecified atom stereocenters. The summed E-state index contributed by atoms with van der Waals surface area (Å²) in [4.78, 5) is 0. The van der Waals surface area contributed by atoms with Crippen molar-refractivity contribution in [1.82, 2.24) is 5.01 Å². The number of hydrazine groups is 1. The van der Waals surface area contributed by atoms with Crippen molar-refractivity contribution < 1.29 is 9.47 Å². The summed E-state index contributed by atoms with van der Waals surface area (Å²) in [7, 11) is 1.78. The maximum Gasteiger partial charge on any atom is 0.0860 e. The molecule has 2 aliphatic heterocycles. The fraction of sp³-hybridized carbons (Fsp3) is 1.00. The normalized spacial score (nSPS) is 41.5. The van der Waals surface area contributed by atoms with Gasteiger partial charge < -0.3 is 9.47 Å². The van der Waals surface area contributed by atoms with Crippen molar-refractivity contribution in [2.45, 2.75) is 31.0 Å². The Kier molecular flexibility index (Phi) is 2.55. The van der Waals surface area contributed by atoms with E-state index in [2.05, 4.69) is 0 Å². The summed E-state index contributed by atoms with van der Waals surface area (Å²) in [5, 5.41) is 1.85. The van der Waals surface area contributed by atoms with Crippen molar-refractivity contribution in [3.05, 3.63) is 0 Å². The fourth-order valence-electron chi connectivity index (χ4n) is 2.34. The van der Waals surface area contributed by atoms with Gasteiger partial charge in [0.05, 0.1) is 11.7 Å². The summed E-state index contributed by atoms with van der Waals surface area (Å²) in [6.07, 6.45) is 3.42. The molecule has 0 bridgehead atoms. The largest absolute Gasteiger partial charge is 0.381 e. The fourth-order valence-corrected chi connectivity index (χ4v) is 2.34. The minimum absolute atomic E-state index is 0.00627. The molecule has 4 heteroatoms. The van der Waals surface area contributed by atoms with Crippen molar-refractivity contribution in [2.24, 2.45) is 5.84 Å². The maximum atomic E-state index is 5.83. The van der Waals surface area contributed by atoms with Gasteiger partial charge in [0.15, 0.2) is 0 Å². The van der Waals surface area contributed by atoms with E-state index in [1.807, 2.05) is 5.01 Å². The quantitative estimate of drug-likeness (QED) is 0.591. The van der Waals surface area contributed by atoms with Crippen LogP contribution in [0.5, 0.6) is 0 Å². The van der Waals surface area contributed by atoms with Gasteiger partial charge in [0.25, 0.3) is 0 Å². The lowest BCUT2D eigenvalue weighted by atomic mass is 9.91. The second-order valence-electron chi connectivity index (χ2n) is 4.10. The van der Waals surface area contributed by atoms with Crippen molar-refractivity contribution >= 4 is 0 Å². The minimum Gasteiger partial charge on any atom is -0.381 e. The summed E-state index contributed by atoms with van der Waals surface area (Å²) in [5.41, 5.74) is -0.00627. The molecule has 4 nitrogen and oxygen atoms in total. The van der Waals surface area contributed by atoms with E-state index in [0.717, 1.165) is 39.0 Å². The second kappa shape index (κ2) is 3.53. The van der Waals surface area contributed by atoms with Gasteiger partial charge in [-0.05, 0) is 12.8 Å². The zero-order chi connectivity index (χ0) is 9.31. The van der Waals surface area contributed by atoms with Crippen LogP contribution >= 0.6 is 0 Å². The number of methoxy groups -OCH3 is 1. The van der Waals surface area contributed by atoms with Gasteiger partial charge >= 0.3 is 0 Å². The first-order valence-corrected chi connectivity index (χ1v) is 4.90. The monoisotopic (exact) mass is 186 g/mol. The molecule has 76 valence electrons. The number of nitrogens with two attached hydrogens (primary N) is 1. The lowest BCUT2D eigenvalue weighted by Crippen LogP contribution is -2.45. The molecule has 2 rings (SSSR count). The Balaban J connectivity index is 1.98. The van der Waals surface area contributed by atoms with Crippen LogP contribution in [0.1, 0.15) is 19.3 Å². The molecule has 0 aliphatic carbocycles. The Morgan fingerprint density at radius 1 is 1.62 bits per heavy atom. The number of hydrogen-bond donors (Lipinski definition) is 1. The second-order valence-corrected chi connectivity index (χ2v) is 4.10. The molecule has 0 aromatic heterocycles. The van der Waals surface area contributed by atoms with Crippen molar-refractivity contribution in [1.29, 1.82) is 0 Å². The molecule has 0 aromatic rings. The topological polar surface area (TPSA) is 47.7 Å². The smallest absolute Gasteiger partial charge is 0.0860 e. The summed E-state index contributed by atoms with van der Waals surface area (Å²) < 4.78 is 11.2. The Labute approximate surface area is 78.9 Å². The Morgan fingerprint density at radius 3 is 3.08 bits per heavy atom. The van der Waals surface area contributed by atoms with Gasteiger partial charge in [-0.1, -0.05) is 0 Å². The van der Waals surface area contributed by atoms with Gasteiger partial charge in [-0.3, -0.25) is 5.84 Å². The van der Waals surface area contributed by atoms with Crippen molar-refractivity contribution in [2.75, 3.05) is 26.8 Å². The molecule has 0 aromatic carbocycles. The van der Waals surface area contributed by atoms with Crippen LogP contribution in [0.2, 0.25) is 0 Å². The zero-order valence-corrected chi connectivity index (χ0v) is 8.16. The SMILES string of the molecule is CO[C@H]1CCO[C@@]2(CCN(N)C2)C1. The van der Waals surface area contributed by atoms with Crippen molar-refractivity contribution in [3.8, 4) is 0 Å². The van der Waals surface area contributed by atoms with Gasteiger partial charge in [0.2, 0.25) is 0 Å². The van der Waals surface area contributed by atoms with E-state index in [1.54, 1.807) is 7.11 Å². The van der Waals surface area contributed by atoms with Crippen LogP contribution in [-0.4, -0.2) is 43.5 Å². The van der Waals surface area contributed by atoms with Crippen LogP contribution in [0.15, 0.2) is 0 Å². The third-order valence-electron chi connectivity index (χ3n) is 3.13. The molecule has 2 atom stereocenters. The average Bonchev–Trinajstić information content (AvgIpc) is 2.47. The highest BCUT2D eigenvalue weighted by Gasteiger charge is 2.42. The van der Waals surface area contributed by atoms with Crippen LogP contribution in [0.4, 0.5) is 0 Å². The van der Waals surface area contributed by atoms with E-state index in [-0.39, 0.29) is 5.60 Å². The van der Waals surface area contributed by atoms with Crippen LogP contribution in [0.25, 0.3) is 0 Å². The van der Waals surface area contributed by atoms with E-state index in [1.165, 1.54) is 0 Å². The maximum absolute atomic E-state index is 5.83. The van der Waals surface area contributed by atoms with Crippen molar-refractivity contribution in [3.63, 3.8) is 0 Å². The van der Waals surface area contributed by atoms with E-state index in [0.29, 0.717) is 6.10 Å². The highest BCUT2D eigenvalue weighted by atomic mass is 16.5. The molecule has 2 aliphatic rings. The first-order valence-electron chi connectivity index (χ1n) is 4.90. The molecular formula is C9H18N2O2. The molecule has 2 N–H and O–H groups in total. The summed E-state index contributed by atoms with van der Waals surface area (Å²) in [6.45, 7) is 2.61.